The fourth-order valence-electron chi connectivity index (χ4n) is 2.33. The van der Waals surface area contributed by atoms with E-state index in [-0.39, 0.29) is 12.5 Å². The lowest BCUT2D eigenvalue weighted by atomic mass is 10.0. The van der Waals surface area contributed by atoms with Crippen molar-refractivity contribution >= 4 is 39.7 Å². The van der Waals surface area contributed by atoms with Gasteiger partial charge in [0.25, 0.3) is 5.91 Å². The number of amides is 1. The molecule has 24 heavy (non-hydrogen) atoms. The molecular weight excluding hydrogens is 392 g/mol. The summed E-state index contributed by atoms with van der Waals surface area (Å²) in [5, 5.41) is 4.43. The number of nitrogens with zero attached hydrogens (tertiary/aromatic N) is 1. The van der Waals surface area contributed by atoms with Gasteiger partial charge in [-0.2, -0.15) is 5.10 Å². The second-order valence-electron chi connectivity index (χ2n) is 5.47. The minimum Gasteiger partial charge on any atom is -0.482 e. The Morgan fingerprint density at radius 3 is 2.54 bits per heavy atom. The van der Waals surface area contributed by atoms with Crippen molar-refractivity contribution in [2.24, 2.45) is 5.10 Å². The van der Waals surface area contributed by atoms with Crippen LogP contribution in [0.3, 0.4) is 0 Å². The molecule has 0 aliphatic heterocycles. The smallest absolute Gasteiger partial charge is 0.277 e. The minimum atomic E-state index is -0.354. The van der Waals surface area contributed by atoms with E-state index in [2.05, 4.69) is 38.6 Å². The number of carbonyl (C=O) groups is 1. The molecule has 1 N–H and O–H groups in total. The lowest BCUT2D eigenvalue weighted by molar-refractivity contribution is -0.123. The number of carbonyl (C=O) groups excluding carboxylic acids is 1. The molecule has 0 saturated carbocycles. The monoisotopic (exact) mass is 408 g/mol. The number of hydrogen-bond donors (Lipinski definition) is 1. The number of hydrogen-bond acceptors (Lipinski definition) is 3. The summed E-state index contributed by atoms with van der Waals surface area (Å²) in [7, 11) is 0. The highest BCUT2D eigenvalue weighted by Crippen LogP contribution is 2.27. The predicted molar refractivity (Wildman–Crippen MR) is 101 cm³/mol. The van der Waals surface area contributed by atoms with Crippen molar-refractivity contribution in [3.05, 3.63) is 62.1 Å². The maximum Gasteiger partial charge on any atom is 0.277 e. The summed E-state index contributed by atoms with van der Waals surface area (Å²) in [6.07, 6.45) is 1.65. The standard InChI is InChI=1S/C18H18BrClN2O2/c1-11-6-12(2)15(13(3)7-11)9-21-22-18(23)10-24-17-5-4-14(19)8-16(17)20/h4-9H,10H2,1-3H3,(H,22,23). The van der Waals surface area contributed by atoms with Gasteiger partial charge in [-0.1, -0.05) is 45.2 Å². The van der Waals surface area contributed by atoms with Crippen LogP contribution in [0.4, 0.5) is 0 Å². The lowest BCUT2D eigenvalue weighted by Gasteiger charge is -2.08. The first-order chi connectivity index (χ1) is 11.4. The van der Waals surface area contributed by atoms with Crippen LogP contribution in [-0.2, 0) is 4.79 Å². The van der Waals surface area contributed by atoms with E-state index < -0.39 is 0 Å². The third-order valence-electron chi connectivity index (χ3n) is 3.37. The molecule has 0 atom stereocenters. The van der Waals surface area contributed by atoms with E-state index in [0.717, 1.165) is 21.2 Å². The molecule has 126 valence electrons. The quantitative estimate of drug-likeness (QED) is 0.581. The van der Waals surface area contributed by atoms with Crippen molar-refractivity contribution in [3.8, 4) is 5.75 Å². The third kappa shape index (κ3) is 5.08. The largest absolute Gasteiger partial charge is 0.482 e. The molecule has 2 aromatic rings. The number of halogens is 2. The van der Waals surface area contributed by atoms with E-state index in [1.54, 1.807) is 24.4 Å². The number of ether oxygens (including phenoxy) is 1. The Bertz CT molecular complexity index is 768. The Hall–Kier alpha value is -1.85. The van der Waals surface area contributed by atoms with Gasteiger partial charge in [0.2, 0.25) is 0 Å². The van der Waals surface area contributed by atoms with Gasteiger partial charge in [-0.05, 0) is 50.1 Å². The van der Waals surface area contributed by atoms with Crippen molar-refractivity contribution in [1.82, 2.24) is 5.43 Å². The summed E-state index contributed by atoms with van der Waals surface area (Å²) in [5.41, 5.74) is 6.88. The summed E-state index contributed by atoms with van der Waals surface area (Å²) in [5.74, 6) is 0.0943. The van der Waals surface area contributed by atoms with Crippen LogP contribution in [-0.4, -0.2) is 18.7 Å². The van der Waals surface area contributed by atoms with Crippen LogP contribution in [0, 0.1) is 20.8 Å². The van der Waals surface area contributed by atoms with Crippen molar-refractivity contribution in [1.29, 1.82) is 0 Å². The van der Waals surface area contributed by atoms with E-state index in [9.17, 15) is 4.79 Å². The molecule has 0 fully saturated rings. The average Bonchev–Trinajstić information content (AvgIpc) is 2.49. The van der Waals surface area contributed by atoms with Crippen LogP contribution in [0.1, 0.15) is 22.3 Å². The van der Waals surface area contributed by atoms with Crippen LogP contribution in [0.15, 0.2) is 39.9 Å². The van der Waals surface area contributed by atoms with Gasteiger partial charge in [0.1, 0.15) is 5.75 Å². The molecule has 4 nitrogen and oxygen atoms in total. The van der Waals surface area contributed by atoms with Gasteiger partial charge in [-0.25, -0.2) is 5.43 Å². The summed E-state index contributed by atoms with van der Waals surface area (Å²) >= 11 is 9.34. The minimum absolute atomic E-state index is 0.162. The molecule has 0 aromatic heterocycles. The Labute approximate surface area is 155 Å². The Kier molecular flexibility index (Phi) is 6.40. The predicted octanol–water partition coefficient (Wildman–Crippen LogP) is 4.56. The van der Waals surface area contributed by atoms with E-state index in [1.807, 2.05) is 20.8 Å². The van der Waals surface area contributed by atoms with Gasteiger partial charge < -0.3 is 4.74 Å². The zero-order valence-corrected chi connectivity index (χ0v) is 16.0. The van der Waals surface area contributed by atoms with Gasteiger partial charge in [0.15, 0.2) is 6.61 Å². The maximum absolute atomic E-state index is 11.8. The van der Waals surface area contributed by atoms with E-state index >= 15 is 0 Å². The first kappa shape index (κ1) is 18.5. The first-order valence-corrected chi connectivity index (χ1v) is 8.51. The van der Waals surface area contributed by atoms with Crippen LogP contribution < -0.4 is 10.2 Å². The van der Waals surface area contributed by atoms with Gasteiger partial charge in [0, 0.05) is 10.0 Å². The molecule has 0 heterocycles. The molecule has 6 heteroatoms. The second kappa shape index (κ2) is 8.31. The van der Waals surface area contributed by atoms with Gasteiger partial charge in [0.05, 0.1) is 11.2 Å². The highest BCUT2D eigenvalue weighted by molar-refractivity contribution is 9.10. The zero-order valence-electron chi connectivity index (χ0n) is 13.7. The summed E-state index contributed by atoms with van der Waals surface area (Å²) < 4.78 is 6.23. The van der Waals surface area contributed by atoms with Crippen LogP contribution in [0.25, 0.3) is 0 Å². The molecule has 2 aromatic carbocycles. The lowest BCUT2D eigenvalue weighted by Crippen LogP contribution is -2.24. The highest BCUT2D eigenvalue weighted by Gasteiger charge is 2.06. The molecule has 0 unspecified atom stereocenters. The average molecular weight is 410 g/mol. The number of benzene rings is 2. The fourth-order valence-corrected chi connectivity index (χ4v) is 3.06. The van der Waals surface area contributed by atoms with E-state index in [0.29, 0.717) is 10.8 Å². The van der Waals surface area contributed by atoms with Crippen molar-refractivity contribution in [2.45, 2.75) is 20.8 Å². The Balaban J connectivity index is 1.91. The molecule has 0 saturated heterocycles. The number of nitrogens with one attached hydrogen (secondary N) is 1. The topological polar surface area (TPSA) is 50.7 Å². The number of aryl methyl sites for hydroxylation is 3. The molecule has 0 spiro atoms. The maximum atomic E-state index is 11.8. The molecular formula is C18H18BrClN2O2. The van der Waals surface area contributed by atoms with Crippen molar-refractivity contribution < 1.29 is 9.53 Å². The fraction of sp³-hybridized carbons (Fsp3) is 0.222. The van der Waals surface area contributed by atoms with Crippen LogP contribution in [0.5, 0.6) is 5.75 Å². The summed E-state index contributed by atoms with van der Waals surface area (Å²) in [6.45, 7) is 5.92. The number of hydrazone groups is 1. The molecule has 1 amide bonds. The normalized spacial score (nSPS) is 10.9. The van der Waals surface area contributed by atoms with E-state index in [4.69, 9.17) is 16.3 Å². The highest BCUT2D eigenvalue weighted by atomic mass is 79.9. The van der Waals surface area contributed by atoms with Gasteiger partial charge in [-0.3, -0.25) is 4.79 Å². The Morgan fingerprint density at radius 2 is 1.92 bits per heavy atom. The molecule has 2 rings (SSSR count). The first-order valence-electron chi connectivity index (χ1n) is 7.34. The zero-order chi connectivity index (χ0) is 17.7. The second-order valence-corrected chi connectivity index (χ2v) is 6.79. The summed E-state index contributed by atoms with van der Waals surface area (Å²) in [6, 6.07) is 9.35. The Morgan fingerprint density at radius 1 is 1.25 bits per heavy atom. The summed E-state index contributed by atoms with van der Waals surface area (Å²) in [4.78, 5) is 11.8. The van der Waals surface area contributed by atoms with Crippen molar-refractivity contribution in [2.75, 3.05) is 6.61 Å². The number of rotatable bonds is 5. The van der Waals surface area contributed by atoms with Gasteiger partial charge >= 0.3 is 0 Å². The van der Waals surface area contributed by atoms with E-state index in [1.165, 1.54) is 5.56 Å². The van der Waals surface area contributed by atoms with Crippen LogP contribution in [0.2, 0.25) is 5.02 Å². The molecule has 0 bridgehead atoms. The van der Waals surface area contributed by atoms with Gasteiger partial charge in [-0.15, -0.1) is 0 Å². The molecule has 0 aliphatic rings. The molecule has 0 radical (unpaired) electrons. The molecule has 0 aliphatic carbocycles. The third-order valence-corrected chi connectivity index (χ3v) is 4.16. The SMILES string of the molecule is Cc1cc(C)c(C=NNC(=O)COc2ccc(Br)cc2Cl)c(C)c1. The van der Waals surface area contributed by atoms with Crippen molar-refractivity contribution in [3.63, 3.8) is 0 Å². The van der Waals surface area contributed by atoms with Crippen LogP contribution >= 0.6 is 27.5 Å².